The number of aryl methyl sites for hydroxylation is 2. The van der Waals surface area contributed by atoms with Gasteiger partial charge in [0.15, 0.2) is 5.13 Å². The van der Waals surface area contributed by atoms with Crippen molar-refractivity contribution in [1.82, 2.24) is 14.5 Å². The third-order valence-electron chi connectivity index (χ3n) is 4.41. The second-order valence-corrected chi connectivity index (χ2v) is 7.33. The van der Waals surface area contributed by atoms with Crippen molar-refractivity contribution >= 4 is 34.5 Å². The van der Waals surface area contributed by atoms with Crippen molar-refractivity contribution in [3.8, 4) is 0 Å². The minimum Gasteiger partial charge on any atom is -0.472 e. The first-order valence-electron chi connectivity index (χ1n) is 9.29. The number of thiazole rings is 1. The zero-order valence-electron chi connectivity index (χ0n) is 15.7. The van der Waals surface area contributed by atoms with Gasteiger partial charge in [-0.25, -0.2) is 4.98 Å². The van der Waals surface area contributed by atoms with Gasteiger partial charge >= 0.3 is 0 Å². The number of hydrogen-bond acceptors (Lipinski definition) is 5. The van der Waals surface area contributed by atoms with Gasteiger partial charge in [0.1, 0.15) is 5.69 Å². The van der Waals surface area contributed by atoms with Crippen molar-refractivity contribution in [1.29, 1.82) is 0 Å². The Kier molecular flexibility index (Phi) is 5.97. The van der Waals surface area contributed by atoms with Crippen LogP contribution < -0.4 is 5.32 Å². The van der Waals surface area contributed by atoms with Crippen molar-refractivity contribution in [2.75, 3.05) is 5.32 Å². The SMILES string of the molecule is O=C(Nc1nc(/C=C/c2ccoc2)cs1)c1cccn1CCCc1ccncc1. The molecule has 146 valence electrons. The Hall–Kier alpha value is -3.45. The average molecular weight is 404 g/mol. The molecule has 0 radical (unpaired) electrons. The first kappa shape index (κ1) is 18.9. The van der Waals surface area contributed by atoms with Gasteiger partial charge in [-0.15, -0.1) is 11.3 Å². The Morgan fingerprint density at radius 3 is 2.93 bits per heavy atom. The highest BCUT2D eigenvalue weighted by Gasteiger charge is 2.12. The molecule has 0 aliphatic heterocycles. The highest BCUT2D eigenvalue weighted by molar-refractivity contribution is 7.14. The zero-order valence-corrected chi connectivity index (χ0v) is 16.5. The van der Waals surface area contributed by atoms with E-state index in [0.29, 0.717) is 10.8 Å². The lowest BCUT2D eigenvalue weighted by Crippen LogP contribution is -2.17. The molecule has 0 aliphatic carbocycles. The molecule has 4 aromatic rings. The lowest BCUT2D eigenvalue weighted by atomic mass is 10.1. The van der Waals surface area contributed by atoms with Crippen LogP contribution >= 0.6 is 11.3 Å². The van der Waals surface area contributed by atoms with Gasteiger partial charge in [0, 0.05) is 36.1 Å². The van der Waals surface area contributed by atoms with Crippen LogP contribution in [0.4, 0.5) is 5.13 Å². The minimum absolute atomic E-state index is 0.154. The molecule has 0 atom stereocenters. The maximum absolute atomic E-state index is 12.7. The van der Waals surface area contributed by atoms with Crippen LogP contribution in [0.1, 0.15) is 33.7 Å². The Labute approximate surface area is 172 Å². The molecule has 0 spiro atoms. The van der Waals surface area contributed by atoms with E-state index in [2.05, 4.69) is 15.3 Å². The van der Waals surface area contributed by atoms with Crippen LogP contribution in [0.3, 0.4) is 0 Å². The van der Waals surface area contributed by atoms with Crippen molar-refractivity contribution in [3.05, 3.63) is 89.3 Å². The fourth-order valence-electron chi connectivity index (χ4n) is 2.95. The summed E-state index contributed by atoms with van der Waals surface area (Å²) in [5, 5.41) is 5.37. The van der Waals surface area contributed by atoms with Gasteiger partial charge in [0.2, 0.25) is 0 Å². The molecule has 0 fully saturated rings. The standard InChI is InChI=1S/C22H20N4O2S/c27-21(25-22-24-19(16-29-22)6-5-18-9-14-28-15-18)20-4-2-13-26(20)12-1-3-17-7-10-23-11-8-17/h2,4-11,13-16H,1,3,12H2,(H,24,25,27)/b6-5+. The van der Waals surface area contributed by atoms with E-state index in [1.807, 2.05) is 58.6 Å². The molecule has 4 heterocycles. The number of pyridine rings is 1. The van der Waals surface area contributed by atoms with Gasteiger partial charge in [-0.05, 0) is 60.9 Å². The Balaban J connectivity index is 1.34. The molecule has 0 saturated heterocycles. The third kappa shape index (κ3) is 5.08. The molecule has 0 aliphatic rings. The van der Waals surface area contributed by atoms with Crippen LogP contribution in [0.25, 0.3) is 12.2 Å². The van der Waals surface area contributed by atoms with E-state index in [0.717, 1.165) is 30.6 Å². The maximum Gasteiger partial charge on any atom is 0.274 e. The number of carbonyl (C=O) groups excluding carboxylic acids is 1. The summed E-state index contributed by atoms with van der Waals surface area (Å²) in [6.45, 7) is 0.772. The number of nitrogens with zero attached hydrogens (tertiary/aromatic N) is 3. The normalized spacial score (nSPS) is 11.2. The summed E-state index contributed by atoms with van der Waals surface area (Å²) in [5.41, 5.74) is 3.63. The lowest BCUT2D eigenvalue weighted by Gasteiger charge is -2.08. The van der Waals surface area contributed by atoms with Gasteiger partial charge in [-0.1, -0.05) is 0 Å². The fraction of sp³-hybridized carbons (Fsp3) is 0.136. The number of anilines is 1. The summed E-state index contributed by atoms with van der Waals surface area (Å²) < 4.78 is 7.01. The molecule has 0 unspecified atom stereocenters. The van der Waals surface area contributed by atoms with Crippen LogP contribution in [0.2, 0.25) is 0 Å². The summed E-state index contributed by atoms with van der Waals surface area (Å²) in [6.07, 6.45) is 14.5. The van der Waals surface area contributed by atoms with Crippen molar-refractivity contribution in [2.24, 2.45) is 0 Å². The van der Waals surface area contributed by atoms with Crippen molar-refractivity contribution in [2.45, 2.75) is 19.4 Å². The summed E-state index contributed by atoms with van der Waals surface area (Å²) in [5.74, 6) is -0.154. The number of rotatable bonds is 8. The van der Waals surface area contributed by atoms with Gasteiger partial charge in [-0.2, -0.15) is 0 Å². The maximum atomic E-state index is 12.7. The lowest BCUT2D eigenvalue weighted by molar-refractivity contribution is 0.101. The van der Waals surface area contributed by atoms with Crippen LogP contribution in [-0.2, 0) is 13.0 Å². The molecule has 6 nitrogen and oxygen atoms in total. The topological polar surface area (TPSA) is 73.0 Å². The predicted molar refractivity (Wildman–Crippen MR) is 115 cm³/mol. The van der Waals surface area contributed by atoms with Crippen molar-refractivity contribution < 1.29 is 9.21 Å². The molecular weight excluding hydrogens is 384 g/mol. The van der Waals surface area contributed by atoms with E-state index >= 15 is 0 Å². The monoisotopic (exact) mass is 404 g/mol. The number of aromatic nitrogens is 3. The number of nitrogens with one attached hydrogen (secondary N) is 1. The summed E-state index contributed by atoms with van der Waals surface area (Å²) in [6, 6.07) is 9.63. The molecule has 0 aromatic carbocycles. The van der Waals surface area contributed by atoms with Gasteiger partial charge in [0.25, 0.3) is 5.91 Å². The summed E-state index contributed by atoms with van der Waals surface area (Å²) in [7, 11) is 0. The third-order valence-corrected chi connectivity index (χ3v) is 5.18. The first-order chi connectivity index (χ1) is 14.3. The van der Waals surface area contributed by atoms with E-state index < -0.39 is 0 Å². The van der Waals surface area contributed by atoms with Gasteiger partial charge in [0.05, 0.1) is 18.2 Å². The smallest absolute Gasteiger partial charge is 0.274 e. The quantitative estimate of drug-likeness (QED) is 0.449. The van der Waals surface area contributed by atoms with E-state index in [4.69, 9.17) is 4.42 Å². The molecule has 0 bridgehead atoms. The van der Waals surface area contributed by atoms with Gasteiger partial charge < -0.3 is 8.98 Å². The van der Waals surface area contributed by atoms with Crippen LogP contribution in [0, 0.1) is 0 Å². The fourth-order valence-corrected chi connectivity index (χ4v) is 3.62. The van der Waals surface area contributed by atoms with E-state index in [-0.39, 0.29) is 5.91 Å². The Bertz CT molecular complexity index is 1080. The second-order valence-electron chi connectivity index (χ2n) is 6.47. The zero-order chi connectivity index (χ0) is 19.9. The van der Waals surface area contributed by atoms with E-state index in [1.165, 1.54) is 16.9 Å². The first-order valence-corrected chi connectivity index (χ1v) is 10.2. The van der Waals surface area contributed by atoms with Crippen molar-refractivity contribution in [3.63, 3.8) is 0 Å². The van der Waals surface area contributed by atoms with E-state index in [1.54, 1.807) is 24.9 Å². The van der Waals surface area contributed by atoms with Crippen LogP contribution in [0.5, 0.6) is 0 Å². The molecule has 29 heavy (non-hydrogen) atoms. The minimum atomic E-state index is -0.154. The summed E-state index contributed by atoms with van der Waals surface area (Å²) in [4.78, 5) is 21.2. The highest BCUT2D eigenvalue weighted by atomic mass is 32.1. The average Bonchev–Trinajstić information content (AvgIpc) is 3.49. The second kappa shape index (κ2) is 9.16. The molecule has 4 rings (SSSR count). The molecule has 1 amide bonds. The molecule has 7 heteroatoms. The molecular formula is C22H20N4O2S. The molecule has 4 aromatic heterocycles. The van der Waals surface area contributed by atoms with Crippen LogP contribution in [-0.4, -0.2) is 20.4 Å². The number of furan rings is 1. The van der Waals surface area contributed by atoms with Gasteiger partial charge in [-0.3, -0.25) is 15.1 Å². The number of hydrogen-bond donors (Lipinski definition) is 1. The number of amides is 1. The van der Waals surface area contributed by atoms with E-state index in [9.17, 15) is 4.79 Å². The van der Waals surface area contributed by atoms with Crippen LogP contribution in [0.15, 0.2) is 71.2 Å². The number of carbonyl (C=O) groups is 1. The highest BCUT2D eigenvalue weighted by Crippen LogP contribution is 2.19. The molecule has 1 N–H and O–H groups in total. The predicted octanol–water partition coefficient (Wildman–Crippen LogP) is 4.99. The molecule has 0 saturated carbocycles. The summed E-state index contributed by atoms with van der Waals surface area (Å²) >= 11 is 1.40. The Morgan fingerprint density at radius 1 is 1.21 bits per heavy atom. The largest absolute Gasteiger partial charge is 0.472 e. The Morgan fingerprint density at radius 2 is 2.10 bits per heavy atom.